The minimum atomic E-state index is -5.96. The van der Waals surface area contributed by atoms with Gasteiger partial charge in [0.25, 0.3) is 10.0 Å². The van der Waals surface area contributed by atoms with Crippen LogP contribution in [-0.2, 0) is 19.6 Å². The number of ether oxygens (including phenoxy) is 2. The first-order valence-electron chi connectivity index (χ1n) is 10.8. The first-order chi connectivity index (χ1) is 17.5. The zero-order chi connectivity index (χ0) is 28.5. The van der Waals surface area contributed by atoms with E-state index in [1.54, 1.807) is 0 Å². The Labute approximate surface area is 212 Å². The van der Waals surface area contributed by atoms with Gasteiger partial charge in [-0.25, -0.2) is 17.6 Å². The highest BCUT2D eigenvalue weighted by molar-refractivity contribution is 7.92. The number of rotatable bonds is 7. The maximum atomic E-state index is 13.4. The maximum absolute atomic E-state index is 13.4. The molecule has 2 aromatic carbocycles. The SMILES string of the molecule is CC(=O)NCC1CN(S(=O)(=O)c2ccc(F)cc2)c2cc(NC(=O)OC(C)C(F)(F)C(F)(F)F)ccc2O1. The average molecular weight is 569 g/mol. The van der Waals surface area contributed by atoms with Crippen LogP contribution in [0.2, 0.25) is 0 Å². The first kappa shape index (κ1) is 28.9. The number of nitrogens with one attached hydrogen (secondary N) is 2. The van der Waals surface area contributed by atoms with Crippen LogP contribution in [0.25, 0.3) is 0 Å². The summed E-state index contributed by atoms with van der Waals surface area (Å²) in [5, 5.41) is 4.47. The van der Waals surface area contributed by atoms with Crippen molar-refractivity contribution < 1.29 is 53.8 Å². The third-order valence-corrected chi connectivity index (χ3v) is 7.08. The molecule has 0 saturated heterocycles. The fraction of sp³-hybridized carbons (Fsp3) is 0.364. The Morgan fingerprint density at radius 1 is 1.13 bits per heavy atom. The largest absolute Gasteiger partial charge is 0.484 e. The van der Waals surface area contributed by atoms with Gasteiger partial charge in [-0.1, -0.05) is 0 Å². The highest BCUT2D eigenvalue weighted by atomic mass is 32.2. The third-order valence-electron chi connectivity index (χ3n) is 5.29. The molecule has 2 aromatic rings. The van der Waals surface area contributed by atoms with Crippen molar-refractivity contribution in [1.29, 1.82) is 0 Å². The number of nitrogens with zero attached hydrogens (tertiary/aromatic N) is 1. The highest BCUT2D eigenvalue weighted by Gasteiger charge is 2.62. The van der Waals surface area contributed by atoms with Crippen molar-refractivity contribution in [2.75, 3.05) is 22.7 Å². The zero-order valence-electron chi connectivity index (χ0n) is 19.7. The Balaban J connectivity index is 1.91. The summed E-state index contributed by atoms with van der Waals surface area (Å²) < 4.78 is 115. The van der Waals surface area contributed by atoms with Gasteiger partial charge in [-0.15, -0.1) is 0 Å². The lowest BCUT2D eigenvalue weighted by Crippen LogP contribution is -2.48. The normalized spacial score (nSPS) is 16.6. The molecule has 1 aliphatic heterocycles. The molecular weight excluding hydrogens is 548 g/mol. The van der Waals surface area contributed by atoms with E-state index in [4.69, 9.17) is 4.74 Å². The number of alkyl halides is 5. The van der Waals surface area contributed by atoms with E-state index >= 15 is 0 Å². The van der Waals surface area contributed by atoms with Crippen molar-refractivity contribution in [3.8, 4) is 5.75 Å². The summed E-state index contributed by atoms with van der Waals surface area (Å²) in [6.45, 7) is 1.18. The fourth-order valence-corrected chi connectivity index (χ4v) is 4.83. The number of carbonyl (C=O) groups excluding carboxylic acids is 2. The average Bonchev–Trinajstić information content (AvgIpc) is 2.81. The molecule has 0 aliphatic carbocycles. The van der Waals surface area contributed by atoms with E-state index in [2.05, 4.69) is 10.1 Å². The maximum Gasteiger partial charge on any atom is 0.457 e. The van der Waals surface area contributed by atoms with Crippen LogP contribution < -0.4 is 19.7 Å². The van der Waals surface area contributed by atoms with Crippen LogP contribution in [0.3, 0.4) is 0 Å². The molecule has 0 fully saturated rings. The van der Waals surface area contributed by atoms with Crippen molar-refractivity contribution >= 4 is 33.4 Å². The quantitative estimate of drug-likeness (QED) is 0.487. The van der Waals surface area contributed by atoms with Gasteiger partial charge >= 0.3 is 18.2 Å². The number of benzene rings is 2. The number of halogens is 6. The predicted molar refractivity (Wildman–Crippen MR) is 121 cm³/mol. The van der Waals surface area contributed by atoms with E-state index in [-0.39, 0.29) is 35.1 Å². The van der Waals surface area contributed by atoms with Crippen molar-refractivity contribution in [3.63, 3.8) is 0 Å². The number of anilines is 2. The van der Waals surface area contributed by atoms with Crippen LogP contribution in [0.15, 0.2) is 47.4 Å². The van der Waals surface area contributed by atoms with E-state index in [9.17, 15) is 44.3 Å². The lowest BCUT2D eigenvalue weighted by molar-refractivity contribution is -0.308. The number of fused-ring (bicyclic) bond motifs is 1. The van der Waals surface area contributed by atoms with Crippen molar-refractivity contribution in [2.45, 2.75) is 43.0 Å². The Morgan fingerprint density at radius 3 is 2.34 bits per heavy atom. The minimum Gasteiger partial charge on any atom is -0.484 e. The number of sulfonamides is 1. The number of hydrogen-bond acceptors (Lipinski definition) is 6. The molecule has 0 radical (unpaired) electrons. The van der Waals surface area contributed by atoms with E-state index < -0.39 is 52.1 Å². The van der Waals surface area contributed by atoms with Crippen molar-refractivity contribution in [1.82, 2.24) is 5.32 Å². The van der Waals surface area contributed by atoms with Crippen LogP contribution in [0.1, 0.15) is 13.8 Å². The Hall–Kier alpha value is -3.69. The summed E-state index contributed by atoms with van der Waals surface area (Å²) in [4.78, 5) is 23.0. The van der Waals surface area contributed by atoms with Crippen LogP contribution in [0.5, 0.6) is 5.75 Å². The summed E-state index contributed by atoms with van der Waals surface area (Å²) in [7, 11) is -4.36. The molecule has 2 N–H and O–H groups in total. The molecule has 0 saturated carbocycles. The predicted octanol–water partition coefficient (Wildman–Crippen LogP) is 4.05. The molecule has 0 spiro atoms. The van der Waals surface area contributed by atoms with E-state index in [0.29, 0.717) is 6.92 Å². The zero-order valence-corrected chi connectivity index (χ0v) is 20.5. The second-order valence-electron chi connectivity index (χ2n) is 8.14. The van der Waals surface area contributed by atoms with Gasteiger partial charge in [0, 0.05) is 12.6 Å². The molecule has 1 aliphatic rings. The van der Waals surface area contributed by atoms with Crippen molar-refractivity contribution in [2.24, 2.45) is 0 Å². The summed E-state index contributed by atoms with van der Waals surface area (Å²) >= 11 is 0. The van der Waals surface area contributed by atoms with Crippen LogP contribution in [0.4, 0.5) is 42.5 Å². The van der Waals surface area contributed by atoms with Crippen LogP contribution >= 0.6 is 0 Å². The van der Waals surface area contributed by atoms with Gasteiger partial charge in [-0.2, -0.15) is 22.0 Å². The van der Waals surface area contributed by atoms with Gasteiger partial charge in [-0.3, -0.25) is 14.4 Å². The molecule has 3 rings (SSSR count). The molecule has 2 unspecified atom stereocenters. The molecule has 0 aromatic heterocycles. The van der Waals surface area contributed by atoms with Crippen LogP contribution in [-0.4, -0.2) is 57.8 Å². The topological polar surface area (TPSA) is 114 Å². The molecule has 2 amide bonds. The van der Waals surface area contributed by atoms with Gasteiger partial charge < -0.3 is 14.8 Å². The smallest absolute Gasteiger partial charge is 0.457 e. The summed E-state index contributed by atoms with van der Waals surface area (Å²) in [6.07, 6.45) is -11.3. The van der Waals surface area contributed by atoms with E-state index in [1.807, 2.05) is 5.32 Å². The second-order valence-corrected chi connectivity index (χ2v) is 10.0. The molecule has 208 valence electrons. The van der Waals surface area contributed by atoms with Gasteiger partial charge in [0.15, 0.2) is 6.10 Å². The lowest BCUT2D eigenvalue weighted by atomic mass is 10.2. The van der Waals surface area contributed by atoms with Gasteiger partial charge in [-0.05, 0) is 49.4 Å². The van der Waals surface area contributed by atoms with Crippen molar-refractivity contribution in [3.05, 3.63) is 48.3 Å². The van der Waals surface area contributed by atoms with Gasteiger partial charge in [0.2, 0.25) is 5.91 Å². The second kappa shape index (κ2) is 10.6. The Bertz CT molecular complexity index is 1300. The summed E-state index contributed by atoms with van der Waals surface area (Å²) in [6, 6.07) is 7.33. The van der Waals surface area contributed by atoms with Gasteiger partial charge in [0.05, 0.1) is 23.7 Å². The molecule has 2 atom stereocenters. The molecular formula is C22H21F6N3O6S. The Morgan fingerprint density at radius 2 is 1.76 bits per heavy atom. The lowest BCUT2D eigenvalue weighted by Gasteiger charge is -2.35. The third kappa shape index (κ3) is 6.23. The number of hydrogen-bond donors (Lipinski definition) is 2. The standard InChI is InChI=1S/C22H21F6N3O6S/c1-12(21(24,25)22(26,27)28)36-20(33)30-15-5-8-19-18(9-15)31(11-16(37-19)10-29-13(2)32)38(34,35)17-6-3-14(23)4-7-17/h3-9,12,16H,10-11H2,1-2H3,(H,29,32)(H,30,33). The summed E-state index contributed by atoms with van der Waals surface area (Å²) in [5.41, 5.74) is -0.362. The van der Waals surface area contributed by atoms with Crippen LogP contribution in [0, 0.1) is 5.82 Å². The first-order valence-corrected chi connectivity index (χ1v) is 12.2. The monoisotopic (exact) mass is 569 g/mol. The van der Waals surface area contributed by atoms with Gasteiger partial charge in [0.1, 0.15) is 17.7 Å². The molecule has 1 heterocycles. The molecule has 16 heteroatoms. The molecule has 38 heavy (non-hydrogen) atoms. The molecule has 0 bridgehead atoms. The minimum absolute atomic E-state index is 0.0202. The summed E-state index contributed by atoms with van der Waals surface area (Å²) in [5.74, 6) is -6.44. The Kier molecular flexibility index (Phi) is 8.04. The number of carbonyl (C=O) groups is 2. The highest BCUT2D eigenvalue weighted by Crippen LogP contribution is 2.40. The molecule has 9 nitrogen and oxygen atoms in total. The number of amides is 2. The fourth-order valence-electron chi connectivity index (χ4n) is 3.33. The van der Waals surface area contributed by atoms with E-state index in [0.717, 1.165) is 40.7 Å². The van der Waals surface area contributed by atoms with E-state index in [1.165, 1.54) is 13.0 Å².